The predicted molar refractivity (Wildman–Crippen MR) is 46.6 cm³/mol. The third kappa shape index (κ3) is 2.78. The molecular formula is C7H4ClF4N3O. The molecule has 4 nitrogen and oxygen atoms in total. The molecule has 1 amide bonds. The summed E-state index contributed by atoms with van der Waals surface area (Å²) in [4.78, 5) is 17.4. The van der Waals surface area contributed by atoms with Crippen molar-refractivity contribution in [1.82, 2.24) is 9.97 Å². The first-order valence-electron chi connectivity index (χ1n) is 3.80. The van der Waals surface area contributed by atoms with Gasteiger partial charge in [0.2, 0.25) is 5.95 Å². The average molecular weight is 258 g/mol. The molecule has 1 rings (SSSR count). The lowest BCUT2D eigenvalue weighted by atomic mass is 10.3. The van der Waals surface area contributed by atoms with E-state index < -0.39 is 24.2 Å². The summed E-state index contributed by atoms with van der Waals surface area (Å²) in [5.74, 6) is -7.56. The molecule has 0 radical (unpaired) electrons. The maximum absolute atomic E-state index is 12.5. The van der Waals surface area contributed by atoms with E-state index in [1.807, 2.05) is 0 Å². The van der Waals surface area contributed by atoms with Crippen LogP contribution in [0.3, 0.4) is 0 Å². The maximum Gasteiger partial charge on any atom is 0.383 e. The van der Waals surface area contributed by atoms with Crippen molar-refractivity contribution in [3.05, 3.63) is 17.4 Å². The van der Waals surface area contributed by atoms with Gasteiger partial charge in [0.1, 0.15) is 5.15 Å². The van der Waals surface area contributed by atoms with Gasteiger partial charge in [-0.15, -0.1) is 0 Å². The monoisotopic (exact) mass is 257 g/mol. The van der Waals surface area contributed by atoms with Crippen LogP contribution in [0, 0.1) is 0 Å². The molecule has 1 aromatic heterocycles. The fourth-order valence-corrected chi connectivity index (χ4v) is 0.817. The molecule has 16 heavy (non-hydrogen) atoms. The third-order valence-electron chi connectivity index (χ3n) is 1.42. The number of nitrogens with zero attached hydrogens (tertiary/aromatic N) is 2. The van der Waals surface area contributed by atoms with Crippen molar-refractivity contribution in [2.24, 2.45) is 0 Å². The Morgan fingerprint density at radius 1 is 1.50 bits per heavy atom. The summed E-state index contributed by atoms with van der Waals surface area (Å²) in [6.45, 7) is 0. The minimum absolute atomic E-state index is 0.120. The summed E-state index contributed by atoms with van der Waals surface area (Å²) in [7, 11) is 0. The quantitative estimate of drug-likeness (QED) is 0.665. The molecule has 88 valence electrons. The lowest BCUT2D eigenvalue weighted by Gasteiger charge is -2.13. The van der Waals surface area contributed by atoms with Crippen LogP contribution in [0.1, 0.15) is 0 Å². The van der Waals surface area contributed by atoms with Gasteiger partial charge in [0.25, 0.3) is 0 Å². The lowest BCUT2D eigenvalue weighted by Crippen LogP contribution is -2.41. The number of carbonyl (C=O) groups excluding carboxylic acids is 1. The van der Waals surface area contributed by atoms with Crippen molar-refractivity contribution < 1.29 is 22.4 Å². The van der Waals surface area contributed by atoms with Gasteiger partial charge in [-0.25, -0.2) is 18.7 Å². The van der Waals surface area contributed by atoms with Gasteiger partial charge in [0.15, 0.2) is 0 Å². The summed E-state index contributed by atoms with van der Waals surface area (Å²) >= 11 is 5.37. The molecule has 0 aliphatic rings. The highest BCUT2D eigenvalue weighted by Crippen LogP contribution is 2.24. The Hall–Kier alpha value is -1.44. The normalized spacial score (nSPS) is 11.6. The van der Waals surface area contributed by atoms with Gasteiger partial charge in [0.05, 0.1) is 0 Å². The molecular weight excluding hydrogens is 254 g/mol. The van der Waals surface area contributed by atoms with E-state index in [1.54, 1.807) is 0 Å². The number of amides is 1. The number of alkyl halides is 4. The number of rotatable bonds is 3. The highest BCUT2D eigenvalue weighted by Gasteiger charge is 2.49. The fourth-order valence-electron chi connectivity index (χ4n) is 0.681. The summed E-state index contributed by atoms with van der Waals surface area (Å²) in [6.07, 6.45) is -3.03. The summed E-state index contributed by atoms with van der Waals surface area (Å²) in [6, 6.07) is 1.22. The Morgan fingerprint density at radius 2 is 2.12 bits per heavy atom. The zero-order chi connectivity index (χ0) is 12.3. The molecule has 0 atom stereocenters. The van der Waals surface area contributed by atoms with Gasteiger partial charge in [0, 0.05) is 6.20 Å². The van der Waals surface area contributed by atoms with Crippen LogP contribution in [0.25, 0.3) is 0 Å². The second kappa shape index (κ2) is 4.60. The van der Waals surface area contributed by atoms with Crippen LogP contribution in [0.5, 0.6) is 0 Å². The first kappa shape index (κ1) is 12.6. The molecule has 0 aliphatic heterocycles. The Balaban J connectivity index is 2.79. The van der Waals surface area contributed by atoms with Crippen molar-refractivity contribution >= 4 is 23.5 Å². The molecule has 0 spiro atoms. The summed E-state index contributed by atoms with van der Waals surface area (Å²) < 4.78 is 48.5. The first-order chi connectivity index (χ1) is 7.34. The Labute approximate surface area is 91.6 Å². The Kier molecular flexibility index (Phi) is 3.63. The van der Waals surface area contributed by atoms with E-state index in [-0.39, 0.29) is 5.15 Å². The van der Waals surface area contributed by atoms with Crippen LogP contribution in [-0.4, -0.2) is 28.2 Å². The summed E-state index contributed by atoms with van der Waals surface area (Å²) in [5, 5.41) is 1.31. The first-order valence-corrected chi connectivity index (χ1v) is 4.18. The zero-order valence-electron chi connectivity index (χ0n) is 7.42. The number of hydrogen-bond donors (Lipinski definition) is 1. The van der Waals surface area contributed by atoms with Crippen LogP contribution in [0.15, 0.2) is 12.3 Å². The topological polar surface area (TPSA) is 54.9 Å². The second-order valence-corrected chi connectivity index (χ2v) is 2.97. The minimum Gasteiger partial charge on any atom is -0.289 e. The number of anilines is 1. The number of carbonyl (C=O) groups is 1. The predicted octanol–water partition coefficient (Wildman–Crippen LogP) is 1.97. The van der Waals surface area contributed by atoms with Crippen LogP contribution in [-0.2, 0) is 4.79 Å². The molecule has 0 bridgehead atoms. The number of halogens is 5. The largest absolute Gasteiger partial charge is 0.383 e. The number of nitrogens with one attached hydrogen (secondary N) is 1. The third-order valence-corrected chi connectivity index (χ3v) is 1.63. The molecule has 0 aromatic carbocycles. The molecule has 0 aliphatic carbocycles. The highest BCUT2D eigenvalue weighted by molar-refractivity contribution is 6.29. The average Bonchev–Trinajstić information content (AvgIpc) is 2.17. The van der Waals surface area contributed by atoms with E-state index in [0.29, 0.717) is 0 Å². The van der Waals surface area contributed by atoms with E-state index >= 15 is 0 Å². The number of hydrogen-bond acceptors (Lipinski definition) is 3. The zero-order valence-corrected chi connectivity index (χ0v) is 8.18. The fraction of sp³-hybridized carbons (Fsp3) is 0.286. The van der Waals surface area contributed by atoms with Crippen molar-refractivity contribution in [1.29, 1.82) is 0 Å². The molecule has 0 fully saturated rings. The van der Waals surface area contributed by atoms with Gasteiger partial charge in [-0.1, -0.05) is 11.6 Å². The smallest absolute Gasteiger partial charge is 0.289 e. The summed E-state index contributed by atoms with van der Waals surface area (Å²) in [5.41, 5.74) is 0. The molecule has 0 unspecified atom stereocenters. The van der Waals surface area contributed by atoms with Crippen LogP contribution < -0.4 is 5.32 Å². The van der Waals surface area contributed by atoms with Crippen molar-refractivity contribution in [3.63, 3.8) is 0 Å². The molecule has 1 heterocycles. The molecule has 1 aromatic rings. The van der Waals surface area contributed by atoms with Crippen LogP contribution in [0.4, 0.5) is 23.5 Å². The Morgan fingerprint density at radius 3 is 2.62 bits per heavy atom. The number of aromatic nitrogens is 2. The van der Waals surface area contributed by atoms with Gasteiger partial charge in [-0.3, -0.25) is 10.1 Å². The van der Waals surface area contributed by atoms with E-state index in [4.69, 9.17) is 11.6 Å². The van der Waals surface area contributed by atoms with Gasteiger partial charge >= 0.3 is 18.3 Å². The highest BCUT2D eigenvalue weighted by atomic mass is 35.5. The van der Waals surface area contributed by atoms with E-state index in [2.05, 4.69) is 9.97 Å². The second-order valence-electron chi connectivity index (χ2n) is 2.58. The van der Waals surface area contributed by atoms with Crippen LogP contribution in [0.2, 0.25) is 5.15 Å². The van der Waals surface area contributed by atoms with E-state index in [0.717, 1.165) is 6.20 Å². The van der Waals surface area contributed by atoms with Gasteiger partial charge in [-0.2, -0.15) is 8.78 Å². The van der Waals surface area contributed by atoms with E-state index in [1.165, 1.54) is 11.4 Å². The minimum atomic E-state index is -4.80. The van der Waals surface area contributed by atoms with Crippen molar-refractivity contribution in [2.45, 2.75) is 12.3 Å². The van der Waals surface area contributed by atoms with Crippen molar-refractivity contribution in [3.8, 4) is 0 Å². The molecule has 0 saturated heterocycles. The maximum atomic E-state index is 12.5. The van der Waals surface area contributed by atoms with E-state index in [9.17, 15) is 22.4 Å². The standard InChI is InChI=1S/C7H4ClF4N3O/c8-3-1-2-13-6(14-3)15-5(16)7(11,12)4(9)10/h1-2,4H,(H,13,14,15,16). The molecule has 1 N–H and O–H groups in total. The Bertz CT molecular complexity index is 401. The molecule has 0 saturated carbocycles. The van der Waals surface area contributed by atoms with Gasteiger partial charge < -0.3 is 0 Å². The van der Waals surface area contributed by atoms with Gasteiger partial charge in [-0.05, 0) is 6.07 Å². The lowest BCUT2D eigenvalue weighted by molar-refractivity contribution is -0.163. The van der Waals surface area contributed by atoms with Crippen molar-refractivity contribution in [2.75, 3.05) is 5.32 Å². The SMILES string of the molecule is O=C(Nc1nccc(Cl)n1)C(F)(F)C(F)F. The van der Waals surface area contributed by atoms with Crippen LogP contribution >= 0.6 is 11.6 Å². The molecule has 9 heteroatoms.